The van der Waals surface area contributed by atoms with Gasteiger partial charge in [0, 0.05) is 0 Å². The van der Waals surface area contributed by atoms with Crippen LogP contribution in [-0.2, 0) is 9.78 Å². The van der Waals surface area contributed by atoms with Gasteiger partial charge in [-0.05, 0) is 19.3 Å². The first kappa shape index (κ1) is 9.84. The molecule has 0 aliphatic carbocycles. The van der Waals surface area contributed by atoms with Crippen LogP contribution in [0.3, 0.4) is 0 Å². The van der Waals surface area contributed by atoms with Crippen LogP contribution in [0.1, 0.15) is 20.3 Å². The van der Waals surface area contributed by atoms with Crippen molar-refractivity contribution in [1.82, 2.24) is 0 Å². The molecule has 4 nitrogen and oxygen atoms in total. The van der Waals surface area contributed by atoms with Gasteiger partial charge >= 0.3 is 0 Å². The average Bonchev–Trinajstić information content (AvgIpc) is 1.88. The first-order valence-corrected chi connectivity index (χ1v) is 3.27. The summed E-state index contributed by atoms with van der Waals surface area (Å²) >= 11 is 0. The molecule has 62 valence electrons. The summed E-state index contributed by atoms with van der Waals surface area (Å²) in [6, 6.07) is 0. The molecule has 0 spiro atoms. The third-order valence-electron chi connectivity index (χ3n) is 1.27. The van der Waals surface area contributed by atoms with Crippen LogP contribution in [0.15, 0.2) is 0 Å². The fourth-order valence-corrected chi connectivity index (χ4v) is 0.805. The van der Waals surface area contributed by atoms with E-state index in [1.165, 1.54) is 0 Å². The van der Waals surface area contributed by atoms with Gasteiger partial charge in [0.05, 0.1) is 12.7 Å². The summed E-state index contributed by atoms with van der Waals surface area (Å²) < 4.78 is 0. The van der Waals surface area contributed by atoms with E-state index in [9.17, 15) is 0 Å². The zero-order chi connectivity index (χ0) is 7.98. The second-order valence-electron chi connectivity index (χ2n) is 2.55. The fraction of sp³-hybridized carbons (Fsp3) is 1.00. The highest BCUT2D eigenvalue weighted by atomic mass is 17.1. The Morgan fingerprint density at radius 3 is 2.30 bits per heavy atom. The molecule has 0 rings (SSSR count). The summed E-state index contributed by atoms with van der Waals surface area (Å²) in [6.45, 7) is 3.91. The summed E-state index contributed by atoms with van der Waals surface area (Å²) in [5, 5.41) is 16.2. The molecule has 0 radical (unpaired) electrons. The Hall–Kier alpha value is -0.160. The topological polar surface area (TPSA) is 58.9 Å². The van der Waals surface area contributed by atoms with Gasteiger partial charge in [0.15, 0.2) is 0 Å². The van der Waals surface area contributed by atoms with Crippen molar-refractivity contribution in [3.05, 3.63) is 0 Å². The molecule has 2 N–H and O–H groups in total. The molecule has 0 aliphatic rings. The molecule has 0 saturated heterocycles. The molecule has 0 aromatic carbocycles. The molecule has 0 heterocycles. The van der Waals surface area contributed by atoms with Crippen molar-refractivity contribution in [2.45, 2.75) is 26.4 Å². The van der Waals surface area contributed by atoms with E-state index in [0.29, 0.717) is 6.42 Å². The van der Waals surface area contributed by atoms with Crippen LogP contribution in [0.5, 0.6) is 0 Å². The number of hydrogen-bond donors (Lipinski definition) is 2. The molecule has 0 amide bonds. The van der Waals surface area contributed by atoms with Gasteiger partial charge in [0.25, 0.3) is 0 Å². The third-order valence-corrected chi connectivity index (χ3v) is 1.27. The number of hydrogen-bond acceptors (Lipinski definition) is 4. The molecule has 2 unspecified atom stereocenters. The summed E-state index contributed by atoms with van der Waals surface area (Å²) in [5.41, 5.74) is 0. The van der Waals surface area contributed by atoms with E-state index < -0.39 is 0 Å². The zero-order valence-corrected chi connectivity index (χ0v) is 6.28. The van der Waals surface area contributed by atoms with Crippen molar-refractivity contribution in [2.24, 2.45) is 5.92 Å². The van der Waals surface area contributed by atoms with Crippen molar-refractivity contribution in [3.8, 4) is 0 Å². The van der Waals surface area contributed by atoms with Crippen molar-refractivity contribution in [2.75, 3.05) is 6.61 Å². The van der Waals surface area contributed by atoms with Crippen LogP contribution >= 0.6 is 0 Å². The van der Waals surface area contributed by atoms with Crippen molar-refractivity contribution >= 4 is 0 Å². The normalized spacial score (nSPS) is 16.8. The molecule has 0 fully saturated rings. The first-order chi connectivity index (χ1) is 4.70. The molecule has 0 saturated carbocycles. The molecular formula is C6H14O4. The maximum Gasteiger partial charge on any atom is 0.0902 e. The monoisotopic (exact) mass is 150 g/mol. The van der Waals surface area contributed by atoms with Crippen LogP contribution in [0.25, 0.3) is 0 Å². The lowest BCUT2D eigenvalue weighted by Crippen LogP contribution is -2.14. The van der Waals surface area contributed by atoms with Gasteiger partial charge in [-0.3, -0.25) is 10.5 Å². The lowest BCUT2D eigenvalue weighted by Gasteiger charge is -2.11. The minimum atomic E-state index is -0.204. The lowest BCUT2D eigenvalue weighted by molar-refractivity contribution is -0.283. The molecular weight excluding hydrogens is 136 g/mol. The standard InChI is InChI=1S/C6H14O4/c1-5(4-9-7)3-6(2)10-8/h5-8H,3-4H2,1-2H3. The van der Waals surface area contributed by atoms with Gasteiger partial charge < -0.3 is 0 Å². The third kappa shape index (κ3) is 4.69. The maximum absolute atomic E-state index is 8.15. The fourth-order valence-electron chi connectivity index (χ4n) is 0.805. The summed E-state index contributed by atoms with van der Waals surface area (Å²) in [5.74, 6) is 0.187. The molecule has 10 heavy (non-hydrogen) atoms. The van der Waals surface area contributed by atoms with Crippen LogP contribution in [0.2, 0.25) is 0 Å². The molecule has 0 aromatic heterocycles. The average molecular weight is 150 g/mol. The summed E-state index contributed by atoms with van der Waals surface area (Å²) in [4.78, 5) is 7.94. The van der Waals surface area contributed by atoms with E-state index in [2.05, 4.69) is 9.78 Å². The molecule has 0 aromatic rings. The van der Waals surface area contributed by atoms with Gasteiger partial charge in [0.1, 0.15) is 0 Å². The van der Waals surface area contributed by atoms with E-state index in [0.717, 1.165) is 0 Å². The second kappa shape index (κ2) is 5.61. The van der Waals surface area contributed by atoms with Crippen LogP contribution < -0.4 is 0 Å². The maximum atomic E-state index is 8.15. The van der Waals surface area contributed by atoms with E-state index >= 15 is 0 Å². The Bertz CT molecular complexity index is 76.1. The van der Waals surface area contributed by atoms with Crippen LogP contribution in [0.4, 0.5) is 0 Å². The van der Waals surface area contributed by atoms with Crippen molar-refractivity contribution in [3.63, 3.8) is 0 Å². The molecule has 0 aliphatic heterocycles. The first-order valence-electron chi connectivity index (χ1n) is 3.27. The van der Waals surface area contributed by atoms with E-state index in [4.69, 9.17) is 10.5 Å². The van der Waals surface area contributed by atoms with E-state index in [1.807, 2.05) is 6.92 Å². The highest BCUT2D eigenvalue weighted by Crippen LogP contribution is 2.07. The zero-order valence-electron chi connectivity index (χ0n) is 6.28. The summed E-state index contributed by atoms with van der Waals surface area (Å²) in [7, 11) is 0. The molecule has 2 atom stereocenters. The van der Waals surface area contributed by atoms with Crippen LogP contribution in [-0.4, -0.2) is 23.2 Å². The highest BCUT2D eigenvalue weighted by Gasteiger charge is 2.08. The van der Waals surface area contributed by atoms with E-state index in [1.54, 1.807) is 6.92 Å². The Labute approximate surface area is 60.2 Å². The quantitative estimate of drug-likeness (QED) is 0.459. The van der Waals surface area contributed by atoms with Crippen LogP contribution in [0, 0.1) is 5.92 Å². The molecule has 0 bridgehead atoms. The van der Waals surface area contributed by atoms with E-state index in [-0.39, 0.29) is 18.6 Å². The lowest BCUT2D eigenvalue weighted by atomic mass is 10.1. The minimum Gasteiger partial charge on any atom is -0.252 e. The predicted molar refractivity (Wildman–Crippen MR) is 35.5 cm³/mol. The Morgan fingerprint density at radius 2 is 1.90 bits per heavy atom. The van der Waals surface area contributed by atoms with Gasteiger partial charge in [-0.1, -0.05) is 6.92 Å². The SMILES string of the molecule is CC(COO)CC(C)OO. The number of rotatable bonds is 5. The Morgan fingerprint density at radius 1 is 1.30 bits per heavy atom. The second-order valence-corrected chi connectivity index (χ2v) is 2.55. The van der Waals surface area contributed by atoms with Crippen molar-refractivity contribution in [1.29, 1.82) is 0 Å². The van der Waals surface area contributed by atoms with Crippen molar-refractivity contribution < 1.29 is 20.3 Å². The Balaban J connectivity index is 3.27. The smallest absolute Gasteiger partial charge is 0.0902 e. The Kier molecular flexibility index (Phi) is 5.52. The van der Waals surface area contributed by atoms with Gasteiger partial charge in [-0.25, -0.2) is 9.78 Å². The largest absolute Gasteiger partial charge is 0.252 e. The van der Waals surface area contributed by atoms with Gasteiger partial charge in [-0.15, -0.1) is 0 Å². The molecule has 4 heteroatoms. The highest BCUT2D eigenvalue weighted by molar-refractivity contribution is 4.55. The van der Waals surface area contributed by atoms with Gasteiger partial charge in [0.2, 0.25) is 0 Å². The minimum absolute atomic E-state index is 0.187. The summed E-state index contributed by atoms with van der Waals surface area (Å²) in [6.07, 6.45) is 0.460. The predicted octanol–water partition coefficient (Wildman–Crippen LogP) is 1.38. The van der Waals surface area contributed by atoms with Gasteiger partial charge in [-0.2, -0.15) is 0 Å².